The van der Waals surface area contributed by atoms with E-state index in [0.29, 0.717) is 22.9 Å². The second-order valence-corrected chi connectivity index (χ2v) is 6.24. The van der Waals surface area contributed by atoms with Gasteiger partial charge in [0.1, 0.15) is 5.57 Å². The standard InChI is InChI=1S/C17H19ClN2O3/c1-11(2)6-5-9-20-16(22)13(15(21)19-17(20)23)10-12-7-3-4-8-14(12)18/h3-4,7-8,10-11H,5-6,9H2,1-2H3,(H,19,21,23). The lowest BCUT2D eigenvalue weighted by Gasteiger charge is -2.26. The van der Waals surface area contributed by atoms with Crippen molar-refractivity contribution in [3.8, 4) is 0 Å². The molecule has 6 heteroatoms. The molecule has 0 aromatic heterocycles. The Balaban J connectivity index is 2.22. The van der Waals surface area contributed by atoms with E-state index in [0.717, 1.165) is 11.3 Å². The molecule has 1 aliphatic heterocycles. The summed E-state index contributed by atoms with van der Waals surface area (Å²) in [6, 6.07) is 6.23. The second-order valence-electron chi connectivity index (χ2n) is 5.83. The molecular formula is C17H19ClN2O3. The predicted octanol–water partition coefficient (Wildman–Crippen LogP) is 3.24. The van der Waals surface area contributed by atoms with E-state index in [1.54, 1.807) is 24.3 Å². The fourth-order valence-corrected chi connectivity index (χ4v) is 2.49. The summed E-state index contributed by atoms with van der Waals surface area (Å²) < 4.78 is 0. The molecule has 0 atom stereocenters. The molecule has 23 heavy (non-hydrogen) atoms. The molecule has 1 fully saturated rings. The zero-order valence-corrected chi connectivity index (χ0v) is 13.9. The number of benzene rings is 1. The Morgan fingerprint density at radius 2 is 1.91 bits per heavy atom. The van der Waals surface area contributed by atoms with Crippen LogP contribution >= 0.6 is 11.6 Å². The van der Waals surface area contributed by atoms with Crippen molar-refractivity contribution in [2.45, 2.75) is 26.7 Å². The molecule has 0 saturated carbocycles. The molecule has 2 rings (SSSR count). The van der Waals surface area contributed by atoms with Crippen LogP contribution in [0.1, 0.15) is 32.3 Å². The molecule has 4 amide bonds. The van der Waals surface area contributed by atoms with Crippen molar-refractivity contribution in [3.05, 3.63) is 40.4 Å². The summed E-state index contributed by atoms with van der Waals surface area (Å²) in [4.78, 5) is 37.4. The number of imide groups is 2. The van der Waals surface area contributed by atoms with Crippen molar-refractivity contribution in [1.29, 1.82) is 0 Å². The minimum Gasteiger partial charge on any atom is -0.273 e. The lowest BCUT2D eigenvalue weighted by Crippen LogP contribution is -2.54. The van der Waals surface area contributed by atoms with Crippen molar-refractivity contribution in [2.24, 2.45) is 5.92 Å². The summed E-state index contributed by atoms with van der Waals surface area (Å²) in [5.41, 5.74) is 0.478. The van der Waals surface area contributed by atoms with Crippen LogP contribution in [0.3, 0.4) is 0 Å². The fourth-order valence-electron chi connectivity index (χ4n) is 2.30. The summed E-state index contributed by atoms with van der Waals surface area (Å²) in [7, 11) is 0. The molecule has 0 radical (unpaired) electrons. The van der Waals surface area contributed by atoms with E-state index < -0.39 is 17.8 Å². The number of nitrogens with zero attached hydrogens (tertiary/aromatic N) is 1. The Labute approximate surface area is 140 Å². The van der Waals surface area contributed by atoms with Gasteiger partial charge in [0, 0.05) is 11.6 Å². The van der Waals surface area contributed by atoms with Crippen LogP contribution in [0.15, 0.2) is 29.8 Å². The monoisotopic (exact) mass is 334 g/mol. The van der Waals surface area contributed by atoms with Crippen molar-refractivity contribution in [3.63, 3.8) is 0 Å². The van der Waals surface area contributed by atoms with Crippen LogP contribution in [-0.4, -0.2) is 29.3 Å². The first-order chi connectivity index (χ1) is 10.9. The number of nitrogens with one attached hydrogen (secondary N) is 1. The summed E-state index contributed by atoms with van der Waals surface area (Å²) in [6.07, 6.45) is 3.01. The van der Waals surface area contributed by atoms with Gasteiger partial charge in [0.05, 0.1) is 0 Å². The maximum atomic E-state index is 12.5. The normalized spacial score (nSPS) is 17.1. The molecule has 1 saturated heterocycles. The summed E-state index contributed by atoms with van der Waals surface area (Å²) >= 11 is 6.05. The Morgan fingerprint density at radius 3 is 2.57 bits per heavy atom. The number of amides is 4. The molecule has 0 bridgehead atoms. The van der Waals surface area contributed by atoms with Gasteiger partial charge in [-0.3, -0.25) is 19.8 Å². The minimum atomic E-state index is -0.694. The first kappa shape index (κ1) is 17.2. The number of rotatable bonds is 5. The van der Waals surface area contributed by atoms with Gasteiger partial charge in [-0.1, -0.05) is 43.6 Å². The lowest BCUT2D eigenvalue weighted by atomic mass is 10.1. The van der Waals surface area contributed by atoms with E-state index in [-0.39, 0.29) is 12.1 Å². The smallest absolute Gasteiger partial charge is 0.273 e. The Bertz CT molecular complexity index is 668. The summed E-state index contributed by atoms with van der Waals surface area (Å²) in [5.74, 6) is -0.792. The van der Waals surface area contributed by atoms with Gasteiger partial charge in [0.15, 0.2) is 0 Å². The van der Waals surface area contributed by atoms with E-state index in [9.17, 15) is 14.4 Å². The maximum absolute atomic E-state index is 12.5. The summed E-state index contributed by atoms with van der Waals surface area (Å²) in [6.45, 7) is 4.44. The Kier molecular flexibility index (Phi) is 5.55. The van der Waals surface area contributed by atoms with Crippen molar-refractivity contribution < 1.29 is 14.4 Å². The third-order valence-electron chi connectivity index (χ3n) is 3.55. The van der Waals surface area contributed by atoms with E-state index in [4.69, 9.17) is 11.6 Å². The van der Waals surface area contributed by atoms with Crippen molar-refractivity contribution in [2.75, 3.05) is 6.54 Å². The topological polar surface area (TPSA) is 66.5 Å². The molecule has 1 heterocycles. The van der Waals surface area contributed by atoms with Crippen LogP contribution in [0.4, 0.5) is 4.79 Å². The number of urea groups is 1. The first-order valence-electron chi connectivity index (χ1n) is 7.53. The number of carbonyl (C=O) groups excluding carboxylic acids is 3. The van der Waals surface area contributed by atoms with Crippen molar-refractivity contribution >= 4 is 35.5 Å². The number of hydrogen-bond donors (Lipinski definition) is 1. The molecule has 0 unspecified atom stereocenters. The van der Waals surface area contributed by atoms with Gasteiger partial charge >= 0.3 is 6.03 Å². The molecule has 5 nitrogen and oxygen atoms in total. The number of halogens is 1. The second kappa shape index (κ2) is 7.42. The highest BCUT2D eigenvalue weighted by Crippen LogP contribution is 2.21. The van der Waals surface area contributed by atoms with Gasteiger partial charge in [-0.25, -0.2) is 4.79 Å². The van der Waals surface area contributed by atoms with Crippen LogP contribution in [0.5, 0.6) is 0 Å². The Morgan fingerprint density at radius 1 is 1.22 bits per heavy atom. The highest BCUT2D eigenvalue weighted by atomic mass is 35.5. The number of carbonyl (C=O) groups is 3. The molecule has 1 aliphatic rings. The molecule has 1 aromatic carbocycles. The molecular weight excluding hydrogens is 316 g/mol. The zero-order chi connectivity index (χ0) is 17.0. The summed E-state index contributed by atoms with van der Waals surface area (Å²) in [5, 5.41) is 2.64. The van der Waals surface area contributed by atoms with E-state index in [2.05, 4.69) is 19.2 Å². The fraction of sp³-hybridized carbons (Fsp3) is 0.353. The Hall–Kier alpha value is -2.14. The van der Waals surface area contributed by atoms with E-state index >= 15 is 0 Å². The SMILES string of the molecule is CC(C)CCCN1C(=O)NC(=O)C(=Cc2ccccc2Cl)C1=O. The quantitative estimate of drug-likeness (QED) is 0.664. The molecule has 0 aliphatic carbocycles. The molecule has 1 aromatic rings. The van der Waals surface area contributed by atoms with Crippen molar-refractivity contribution in [1.82, 2.24) is 10.2 Å². The lowest BCUT2D eigenvalue weighted by molar-refractivity contribution is -0.130. The van der Waals surface area contributed by atoms with Gasteiger partial charge in [0.2, 0.25) is 0 Å². The third kappa shape index (κ3) is 4.20. The van der Waals surface area contributed by atoms with E-state index in [1.807, 2.05) is 0 Å². The zero-order valence-electron chi connectivity index (χ0n) is 13.1. The van der Waals surface area contributed by atoms with Gasteiger partial charge in [-0.2, -0.15) is 0 Å². The van der Waals surface area contributed by atoms with E-state index in [1.165, 1.54) is 6.08 Å². The van der Waals surface area contributed by atoms with Crippen LogP contribution in [-0.2, 0) is 9.59 Å². The van der Waals surface area contributed by atoms with Gasteiger partial charge in [0.25, 0.3) is 11.8 Å². The first-order valence-corrected chi connectivity index (χ1v) is 7.91. The van der Waals surface area contributed by atoms with Crippen LogP contribution < -0.4 is 5.32 Å². The van der Waals surface area contributed by atoms with Crippen LogP contribution in [0.2, 0.25) is 5.02 Å². The van der Waals surface area contributed by atoms with Crippen LogP contribution in [0, 0.1) is 5.92 Å². The average Bonchev–Trinajstić information content (AvgIpc) is 2.48. The number of barbiturate groups is 1. The molecule has 122 valence electrons. The molecule has 1 N–H and O–H groups in total. The third-order valence-corrected chi connectivity index (χ3v) is 3.90. The number of hydrogen-bond acceptors (Lipinski definition) is 3. The highest BCUT2D eigenvalue weighted by molar-refractivity contribution is 6.34. The molecule has 0 spiro atoms. The maximum Gasteiger partial charge on any atom is 0.331 e. The average molecular weight is 335 g/mol. The van der Waals surface area contributed by atoms with Gasteiger partial charge in [-0.05, 0) is 36.5 Å². The highest BCUT2D eigenvalue weighted by Gasteiger charge is 2.35. The minimum absolute atomic E-state index is 0.0813. The van der Waals surface area contributed by atoms with Gasteiger partial charge in [-0.15, -0.1) is 0 Å². The van der Waals surface area contributed by atoms with Gasteiger partial charge < -0.3 is 0 Å². The van der Waals surface area contributed by atoms with Crippen LogP contribution in [0.25, 0.3) is 6.08 Å². The predicted molar refractivity (Wildman–Crippen MR) is 88.8 cm³/mol. The largest absolute Gasteiger partial charge is 0.331 e.